The smallest absolute Gasteiger partial charge is 0.263 e. The Balaban J connectivity index is 1.66. The standard InChI is InChI=1S/C33H37ClN4O2/c1-4-29(24-10-6-5-7-11-24)35-32(39)31-27-12-8-9-13-28(27)33(40)38(26-16-14-25(34)15-17-26)30(31)22-36-18-20-37(21-19-36)23(2)3/h5-17,23,29H,4,18-22H2,1-3H3,(H,35,39)/t29-/m0/s1. The van der Waals surface area contributed by atoms with Crippen molar-refractivity contribution in [1.29, 1.82) is 0 Å². The van der Waals surface area contributed by atoms with Crippen molar-refractivity contribution in [3.63, 3.8) is 0 Å². The van der Waals surface area contributed by atoms with Gasteiger partial charge in [-0.15, -0.1) is 0 Å². The van der Waals surface area contributed by atoms with Crippen molar-refractivity contribution in [1.82, 2.24) is 19.7 Å². The summed E-state index contributed by atoms with van der Waals surface area (Å²) in [4.78, 5) is 33.2. The molecule has 1 aromatic heterocycles. The van der Waals surface area contributed by atoms with Gasteiger partial charge >= 0.3 is 0 Å². The number of halogens is 1. The predicted molar refractivity (Wildman–Crippen MR) is 163 cm³/mol. The van der Waals surface area contributed by atoms with E-state index in [9.17, 15) is 9.59 Å². The normalized spacial score (nSPS) is 15.4. The van der Waals surface area contributed by atoms with Gasteiger partial charge < -0.3 is 5.32 Å². The summed E-state index contributed by atoms with van der Waals surface area (Å²) in [6.07, 6.45) is 0.747. The second-order valence-corrected chi connectivity index (χ2v) is 11.2. The molecule has 1 aliphatic heterocycles. The van der Waals surface area contributed by atoms with Crippen molar-refractivity contribution in [2.75, 3.05) is 26.2 Å². The van der Waals surface area contributed by atoms with Gasteiger partial charge in [0.15, 0.2) is 0 Å². The van der Waals surface area contributed by atoms with Crippen molar-refractivity contribution in [2.45, 2.75) is 45.8 Å². The maximum Gasteiger partial charge on any atom is 0.263 e. The predicted octanol–water partition coefficient (Wildman–Crippen LogP) is 6.05. The van der Waals surface area contributed by atoms with E-state index in [1.165, 1.54) is 0 Å². The molecule has 0 saturated carbocycles. The van der Waals surface area contributed by atoms with Gasteiger partial charge in [0.05, 0.1) is 17.3 Å². The molecule has 6 nitrogen and oxygen atoms in total. The van der Waals surface area contributed by atoms with Gasteiger partial charge in [-0.25, -0.2) is 0 Å². The van der Waals surface area contributed by atoms with Crippen molar-refractivity contribution < 1.29 is 4.79 Å². The Morgan fingerprint density at radius 1 is 0.875 bits per heavy atom. The minimum absolute atomic E-state index is 0.139. The Hall–Kier alpha value is -3.45. The van der Waals surface area contributed by atoms with Crippen LogP contribution < -0.4 is 10.9 Å². The molecule has 1 fully saturated rings. The molecule has 1 saturated heterocycles. The van der Waals surface area contributed by atoms with Gasteiger partial charge in [-0.05, 0) is 56.2 Å². The van der Waals surface area contributed by atoms with Gasteiger partial charge in [-0.2, -0.15) is 0 Å². The number of fused-ring (bicyclic) bond motifs is 1. The van der Waals surface area contributed by atoms with Crippen molar-refractivity contribution in [2.24, 2.45) is 0 Å². The molecule has 0 bridgehead atoms. The van der Waals surface area contributed by atoms with E-state index >= 15 is 0 Å². The second-order valence-electron chi connectivity index (χ2n) is 10.7. The molecule has 5 rings (SSSR count). The fourth-order valence-corrected chi connectivity index (χ4v) is 5.78. The van der Waals surface area contributed by atoms with Gasteiger partial charge in [0.1, 0.15) is 0 Å². The van der Waals surface area contributed by atoms with Crippen LogP contribution in [-0.4, -0.2) is 52.5 Å². The van der Waals surface area contributed by atoms with E-state index in [2.05, 4.69) is 35.9 Å². The van der Waals surface area contributed by atoms with Crippen LogP contribution >= 0.6 is 11.6 Å². The molecular formula is C33H37ClN4O2. The summed E-state index contributed by atoms with van der Waals surface area (Å²) in [5, 5.41) is 5.08. The summed E-state index contributed by atoms with van der Waals surface area (Å²) in [7, 11) is 0. The van der Waals surface area contributed by atoms with E-state index in [-0.39, 0.29) is 17.5 Å². The number of amides is 1. The molecule has 40 heavy (non-hydrogen) atoms. The zero-order chi connectivity index (χ0) is 28.2. The number of carbonyl (C=O) groups excluding carboxylic acids is 1. The Morgan fingerprint density at radius 2 is 1.50 bits per heavy atom. The summed E-state index contributed by atoms with van der Waals surface area (Å²) in [5.41, 5.74) is 2.86. The van der Waals surface area contributed by atoms with Crippen molar-refractivity contribution >= 4 is 28.3 Å². The summed E-state index contributed by atoms with van der Waals surface area (Å²) >= 11 is 6.22. The maximum atomic E-state index is 14.3. The van der Waals surface area contributed by atoms with Crippen LogP contribution in [-0.2, 0) is 6.54 Å². The zero-order valence-corrected chi connectivity index (χ0v) is 24.2. The number of hydrogen-bond donors (Lipinski definition) is 1. The molecule has 2 heterocycles. The molecule has 0 radical (unpaired) electrons. The lowest BCUT2D eigenvalue weighted by molar-refractivity contribution is 0.0923. The molecule has 0 spiro atoms. The topological polar surface area (TPSA) is 57.6 Å². The quantitative estimate of drug-likeness (QED) is 0.287. The average molecular weight is 557 g/mol. The van der Waals surface area contributed by atoms with Crippen molar-refractivity contribution in [3.8, 4) is 5.69 Å². The van der Waals surface area contributed by atoms with Crippen LogP contribution in [0.15, 0.2) is 83.7 Å². The summed E-state index contributed by atoms with van der Waals surface area (Å²) in [5.74, 6) is -0.176. The monoisotopic (exact) mass is 556 g/mol. The van der Waals surface area contributed by atoms with E-state index in [0.29, 0.717) is 45.3 Å². The first-order chi connectivity index (χ1) is 19.4. The number of pyridine rings is 1. The van der Waals surface area contributed by atoms with Crippen LogP contribution in [0.25, 0.3) is 16.5 Å². The van der Waals surface area contributed by atoms with Gasteiger partial charge in [-0.3, -0.25) is 24.0 Å². The molecule has 0 unspecified atom stereocenters. The van der Waals surface area contributed by atoms with Crippen LogP contribution in [0.3, 0.4) is 0 Å². The number of piperazine rings is 1. The van der Waals surface area contributed by atoms with E-state index in [4.69, 9.17) is 11.6 Å². The third-order valence-corrected chi connectivity index (χ3v) is 8.18. The van der Waals surface area contributed by atoms with Gasteiger partial charge in [0, 0.05) is 60.2 Å². The summed E-state index contributed by atoms with van der Waals surface area (Å²) in [6.45, 7) is 10.6. The van der Waals surface area contributed by atoms with Gasteiger partial charge in [0.2, 0.25) is 0 Å². The van der Waals surface area contributed by atoms with Crippen LogP contribution in [0.4, 0.5) is 0 Å². The fraction of sp³-hybridized carbons (Fsp3) is 0.333. The third kappa shape index (κ3) is 5.85. The Morgan fingerprint density at radius 3 is 2.12 bits per heavy atom. The molecule has 1 aliphatic rings. The molecule has 1 atom stereocenters. The Labute approximate surface area is 241 Å². The second kappa shape index (κ2) is 12.4. The third-order valence-electron chi connectivity index (χ3n) is 7.93. The number of rotatable bonds is 8. The molecule has 1 N–H and O–H groups in total. The lowest BCUT2D eigenvalue weighted by Crippen LogP contribution is -2.49. The minimum atomic E-state index is -0.176. The van der Waals surface area contributed by atoms with E-state index in [1.54, 1.807) is 22.8 Å². The van der Waals surface area contributed by atoms with Crippen LogP contribution in [0.5, 0.6) is 0 Å². The number of nitrogens with zero attached hydrogens (tertiary/aromatic N) is 3. The molecule has 3 aromatic carbocycles. The zero-order valence-electron chi connectivity index (χ0n) is 23.4. The highest BCUT2D eigenvalue weighted by molar-refractivity contribution is 6.30. The first-order valence-corrected chi connectivity index (χ1v) is 14.5. The van der Waals surface area contributed by atoms with Crippen LogP contribution in [0.2, 0.25) is 5.02 Å². The SMILES string of the molecule is CC[C@H](NC(=O)c1c(CN2CCN(C(C)C)CC2)n(-c2ccc(Cl)cc2)c(=O)c2ccccc12)c1ccccc1. The fourth-order valence-electron chi connectivity index (χ4n) is 5.65. The summed E-state index contributed by atoms with van der Waals surface area (Å²) in [6, 6.07) is 25.1. The summed E-state index contributed by atoms with van der Waals surface area (Å²) < 4.78 is 1.71. The molecule has 1 amide bonds. The van der Waals surface area contributed by atoms with Crippen LogP contribution in [0.1, 0.15) is 54.8 Å². The van der Waals surface area contributed by atoms with Gasteiger partial charge in [-0.1, -0.05) is 67.1 Å². The molecule has 208 valence electrons. The lowest BCUT2D eigenvalue weighted by Gasteiger charge is -2.37. The number of nitrogens with one attached hydrogen (secondary N) is 1. The van der Waals surface area contributed by atoms with Gasteiger partial charge in [0.25, 0.3) is 11.5 Å². The van der Waals surface area contributed by atoms with E-state index in [0.717, 1.165) is 38.2 Å². The van der Waals surface area contributed by atoms with Crippen molar-refractivity contribution in [3.05, 3.63) is 111 Å². The lowest BCUT2D eigenvalue weighted by atomic mass is 9.99. The van der Waals surface area contributed by atoms with E-state index < -0.39 is 0 Å². The number of aromatic nitrogens is 1. The first-order valence-electron chi connectivity index (χ1n) is 14.1. The highest BCUT2D eigenvalue weighted by Gasteiger charge is 2.27. The highest BCUT2D eigenvalue weighted by atomic mass is 35.5. The number of hydrogen-bond acceptors (Lipinski definition) is 4. The highest BCUT2D eigenvalue weighted by Crippen LogP contribution is 2.27. The molecule has 4 aromatic rings. The Kier molecular flexibility index (Phi) is 8.69. The maximum absolute atomic E-state index is 14.3. The van der Waals surface area contributed by atoms with Crippen LogP contribution in [0, 0.1) is 0 Å². The van der Waals surface area contributed by atoms with E-state index in [1.807, 2.05) is 60.7 Å². The molecule has 0 aliphatic carbocycles. The number of carbonyl (C=O) groups is 1. The number of benzene rings is 3. The molecular weight excluding hydrogens is 520 g/mol. The molecule has 7 heteroatoms. The Bertz CT molecular complexity index is 1520. The largest absolute Gasteiger partial charge is 0.345 e. The first kappa shape index (κ1) is 28.1. The average Bonchev–Trinajstić information content (AvgIpc) is 2.97. The minimum Gasteiger partial charge on any atom is -0.345 e.